The molecular formula is C17H12ClN5OS. The van der Waals surface area contributed by atoms with Crippen LogP contribution in [0.1, 0.15) is 5.56 Å². The van der Waals surface area contributed by atoms with Crippen molar-refractivity contribution < 1.29 is 4.79 Å². The third-order valence-electron chi connectivity index (χ3n) is 3.66. The Labute approximate surface area is 152 Å². The zero-order valence-corrected chi connectivity index (χ0v) is 14.7. The molecule has 2 heterocycles. The summed E-state index contributed by atoms with van der Waals surface area (Å²) in [6.07, 6.45) is 1.82. The van der Waals surface area contributed by atoms with Crippen LogP contribution >= 0.6 is 23.4 Å². The number of hydrogen-bond donors (Lipinski definition) is 1. The van der Waals surface area contributed by atoms with Gasteiger partial charge in [-0.3, -0.25) is 4.79 Å². The number of amidine groups is 1. The van der Waals surface area contributed by atoms with E-state index in [1.54, 1.807) is 16.8 Å². The molecule has 0 spiro atoms. The van der Waals surface area contributed by atoms with Crippen LogP contribution in [0.5, 0.6) is 0 Å². The summed E-state index contributed by atoms with van der Waals surface area (Å²) in [5.74, 6) is -0.181. The van der Waals surface area contributed by atoms with Gasteiger partial charge in [-0.25, -0.2) is 9.67 Å². The number of aromatic nitrogens is 3. The van der Waals surface area contributed by atoms with Crippen molar-refractivity contribution in [2.24, 2.45) is 12.0 Å². The Morgan fingerprint density at radius 3 is 2.96 bits per heavy atom. The van der Waals surface area contributed by atoms with Gasteiger partial charge in [-0.05, 0) is 47.7 Å². The molecule has 25 heavy (non-hydrogen) atoms. The van der Waals surface area contributed by atoms with Gasteiger partial charge in [0.05, 0.1) is 21.1 Å². The Morgan fingerprint density at radius 1 is 1.28 bits per heavy atom. The smallest absolute Gasteiger partial charge is 0.264 e. The van der Waals surface area contributed by atoms with Crippen molar-refractivity contribution in [2.45, 2.75) is 0 Å². The number of para-hydroxylation sites is 1. The Balaban J connectivity index is 1.64. The lowest BCUT2D eigenvalue weighted by Gasteiger charge is -1.98. The van der Waals surface area contributed by atoms with Gasteiger partial charge in [0, 0.05) is 7.05 Å². The minimum atomic E-state index is -0.181. The summed E-state index contributed by atoms with van der Waals surface area (Å²) in [5.41, 5.74) is 3.24. The number of benzene rings is 2. The summed E-state index contributed by atoms with van der Waals surface area (Å²) in [6.45, 7) is 0. The fraction of sp³-hybridized carbons (Fsp3) is 0.0588. The van der Waals surface area contributed by atoms with E-state index in [0.717, 1.165) is 16.6 Å². The number of aryl methyl sites for hydroxylation is 1. The first kappa shape index (κ1) is 15.9. The second kappa shape index (κ2) is 6.34. The fourth-order valence-electron chi connectivity index (χ4n) is 2.42. The Kier molecular flexibility index (Phi) is 4.03. The van der Waals surface area contributed by atoms with E-state index in [0.29, 0.717) is 20.8 Å². The summed E-state index contributed by atoms with van der Waals surface area (Å²) in [7, 11) is 1.83. The lowest BCUT2D eigenvalue weighted by Crippen LogP contribution is -2.19. The predicted molar refractivity (Wildman–Crippen MR) is 101 cm³/mol. The first-order valence-electron chi connectivity index (χ1n) is 7.44. The van der Waals surface area contributed by atoms with E-state index in [-0.39, 0.29) is 5.91 Å². The SMILES string of the molecule is Cn1nnc2ccc(C=C3SC(=Nc4ccccc4Cl)NC3=O)cc21. The quantitative estimate of drug-likeness (QED) is 0.701. The number of hydrogen-bond acceptors (Lipinski definition) is 5. The Morgan fingerprint density at radius 2 is 2.12 bits per heavy atom. The first-order chi connectivity index (χ1) is 12.1. The van der Waals surface area contributed by atoms with Crippen LogP contribution in [0, 0.1) is 0 Å². The first-order valence-corrected chi connectivity index (χ1v) is 8.63. The van der Waals surface area contributed by atoms with Gasteiger partial charge in [0.2, 0.25) is 0 Å². The van der Waals surface area contributed by atoms with Crippen molar-refractivity contribution in [3.8, 4) is 0 Å². The van der Waals surface area contributed by atoms with Gasteiger partial charge in [0.1, 0.15) is 5.52 Å². The van der Waals surface area contributed by atoms with Crippen LogP contribution in [0.15, 0.2) is 52.4 Å². The number of amides is 1. The Hall–Kier alpha value is -2.64. The standard InChI is InChI=1S/C17H12ClN5OS/c1-23-14-8-10(6-7-13(14)21-22-23)9-15-16(24)20-17(25-15)19-12-5-3-2-4-11(12)18/h2-9H,1H3,(H,19,20,24). The molecule has 0 radical (unpaired) electrons. The molecule has 0 bridgehead atoms. The third kappa shape index (κ3) is 3.16. The molecule has 1 fully saturated rings. The topological polar surface area (TPSA) is 72.2 Å². The van der Waals surface area contributed by atoms with E-state index >= 15 is 0 Å². The maximum atomic E-state index is 12.2. The number of rotatable bonds is 2. The van der Waals surface area contributed by atoms with E-state index in [1.807, 2.05) is 43.5 Å². The highest BCUT2D eigenvalue weighted by Gasteiger charge is 2.24. The van der Waals surface area contributed by atoms with Crippen LogP contribution in [0.2, 0.25) is 5.02 Å². The summed E-state index contributed by atoms with van der Waals surface area (Å²) in [4.78, 5) is 17.2. The molecule has 1 aromatic heterocycles. The minimum Gasteiger partial charge on any atom is -0.300 e. The van der Waals surface area contributed by atoms with Gasteiger partial charge in [-0.1, -0.05) is 35.0 Å². The van der Waals surface area contributed by atoms with E-state index in [9.17, 15) is 4.79 Å². The number of nitrogens with one attached hydrogen (secondary N) is 1. The van der Waals surface area contributed by atoms with Crippen molar-refractivity contribution in [3.05, 3.63) is 58.0 Å². The zero-order chi connectivity index (χ0) is 17.4. The van der Waals surface area contributed by atoms with Gasteiger partial charge in [0.25, 0.3) is 5.91 Å². The molecule has 1 amide bonds. The molecule has 1 saturated heterocycles. The molecule has 0 aliphatic carbocycles. The maximum Gasteiger partial charge on any atom is 0.264 e. The van der Waals surface area contributed by atoms with Crippen LogP contribution in [0.4, 0.5) is 5.69 Å². The van der Waals surface area contributed by atoms with Crippen LogP contribution in [-0.2, 0) is 11.8 Å². The molecule has 6 nitrogen and oxygen atoms in total. The van der Waals surface area contributed by atoms with Crippen molar-refractivity contribution in [1.82, 2.24) is 20.3 Å². The van der Waals surface area contributed by atoms with Crippen LogP contribution in [0.3, 0.4) is 0 Å². The molecule has 1 aliphatic rings. The fourth-order valence-corrected chi connectivity index (χ4v) is 3.43. The number of carbonyl (C=O) groups is 1. The number of fused-ring (bicyclic) bond motifs is 1. The Bertz CT molecular complexity index is 1060. The van der Waals surface area contributed by atoms with Crippen LogP contribution in [-0.4, -0.2) is 26.1 Å². The van der Waals surface area contributed by atoms with E-state index in [4.69, 9.17) is 11.6 Å². The molecule has 2 aromatic carbocycles. The highest BCUT2D eigenvalue weighted by atomic mass is 35.5. The summed E-state index contributed by atoms with van der Waals surface area (Å²) >= 11 is 7.39. The maximum absolute atomic E-state index is 12.2. The van der Waals surface area contributed by atoms with Crippen LogP contribution < -0.4 is 5.32 Å². The largest absolute Gasteiger partial charge is 0.300 e. The molecule has 124 valence electrons. The monoisotopic (exact) mass is 369 g/mol. The normalized spacial score (nSPS) is 17.6. The van der Waals surface area contributed by atoms with Crippen molar-refractivity contribution in [3.63, 3.8) is 0 Å². The molecule has 0 saturated carbocycles. The number of halogens is 1. The number of thioether (sulfide) groups is 1. The predicted octanol–water partition coefficient (Wildman–Crippen LogP) is 3.51. The summed E-state index contributed by atoms with van der Waals surface area (Å²) in [6, 6.07) is 13.0. The molecular weight excluding hydrogens is 358 g/mol. The highest BCUT2D eigenvalue weighted by molar-refractivity contribution is 8.18. The molecule has 0 unspecified atom stereocenters. The van der Waals surface area contributed by atoms with Gasteiger partial charge >= 0.3 is 0 Å². The second-order valence-electron chi connectivity index (χ2n) is 5.39. The minimum absolute atomic E-state index is 0.181. The third-order valence-corrected chi connectivity index (χ3v) is 4.89. The van der Waals surface area contributed by atoms with E-state index in [2.05, 4.69) is 20.6 Å². The number of carbonyl (C=O) groups excluding carboxylic acids is 1. The molecule has 1 aliphatic heterocycles. The average Bonchev–Trinajstić information content (AvgIpc) is 3.13. The van der Waals surface area contributed by atoms with E-state index < -0.39 is 0 Å². The van der Waals surface area contributed by atoms with Gasteiger partial charge in [0.15, 0.2) is 5.17 Å². The van der Waals surface area contributed by atoms with Crippen molar-refractivity contribution >= 4 is 57.2 Å². The number of nitrogens with zero attached hydrogens (tertiary/aromatic N) is 4. The number of aliphatic imine (C=N–C) groups is 1. The second-order valence-corrected chi connectivity index (χ2v) is 6.83. The van der Waals surface area contributed by atoms with Gasteiger partial charge in [-0.15, -0.1) is 5.10 Å². The average molecular weight is 370 g/mol. The van der Waals surface area contributed by atoms with Crippen molar-refractivity contribution in [1.29, 1.82) is 0 Å². The van der Waals surface area contributed by atoms with Crippen molar-refractivity contribution in [2.75, 3.05) is 0 Å². The van der Waals surface area contributed by atoms with Crippen LogP contribution in [0.25, 0.3) is 17.1 Å². The highest BCUT2D eigenvalue weighted by Crippen LogP contribution is 2.31. The lowest BCUT2D eigenvalue weighted by molar-refractivity contribution is -0.115. The summed E-state index contributed by atoms with van der Waals surface area (Å²) in [5, 5.41) is 11.8. The molecule has 0 atom stereocenters. The van der Waals surface area contributed by atoms with Gasteiger partial charge < -0.3 is 5.32 Å². The lowest BCUT2D eigenvalue weighted by atomic mass is 10.2. The summed E-state index contributed by atoms with van der Waals surface area (Å²) < 4.78 is 1.70. The molecule has 3 aromatic rings. The van der Waals surface area contributed by atoms with Gasteiger partial charge in [-0.2, -0.15) is 0 Å². The molecule has 1 N–H and O–H groups in total. The van der Waals surface area contributed by atoms with E-state index in [1.165, 1.54) is 11.8 Å². The zero-order valence-electron chi connectivity index (χ0n) is 13.1. The molecule has 8 heteroatoms. The molecule has 4 rings (SSSR count).